The Morgan fingerprint density at radius 1 is 1.04 bits per heavy atom. The number of hydrogen-bond acceptors (Lipinski definition) is 5. The quantitative estimate of drug-likeness (QED) is 0.221. The Kier molecular flexibility index (Phi) is 10.2. The Morgan fingerprint density at radius 3 is 2.30 bits per heavy atom. The largest absolute Gasteiger partial charge is 0.394 e. The molecule has 0 aromatic heterocycles. The second-order valence-corrected chi connectivity index (χ2v) is 13.3. The van der Waals surface area contributed by atoms with Gasteiger partial charge in [0.2, 0.25) is 17.7 Å². The van der Waals surface area contributed by atoms with Gasteiger partial charge in [-0.25, -0.2) is 0 Å². The minimum absolute atomic E-state index is 0.100. The minimum Gasteiger partial charge on any atom is -0.394 e. The van der Waals surface area contributed by atoms with Gasteiger partial charge < -0.3 is 24.5 Å². The fraction of sp³-hybridized carbons (Fsp3) is 0.500. The zero-order chi connectivity index (χ0) is 33.1. The third kappa shape index (κ3) is 5.71. The Morgan fingerprint density at radius 2 is 1.70 bits per heavy atom. The van der Waals surface area contributed by atoms with Crippen LogP contribution in [-0.4, -0.2) is 82.2 Å². The molecule has 2 aromatic rings. The highest BCUT2D eigenvalue weighted by molar-refractivity contribution is 6.03. The van der Waals surface area contributed by atoms with Crippen molar-refractivity contribution in [1.82, 2.24) is 9.80 Å². The number of aliphatic hydroxyl groups excluding tert-OH is 1. The Labute approximate surface area is 273 Å². The van der Waals surface area contributed by atoms with Gasteiger partial charge in [0.1, 0.15) is 11.6 Å². The monoisotopic (exact) mass is 627 g/mol. The zero-order valence-electron chi connectivity index (χ0n) is 27.5. The van der Waals surface area contributed by atoms with Crippen LogP contribution < -0.4 is 4.90 Å². The molecule has 0 radical (unpaired) electrons. The Balaban J connectivity index is 1.62. The smallest absolute Gasteiger partial charge is 0.248 e. The lowest BCUT2D eigenvalue weighted by Crippen LogP contribution is -2.59. The number of anilines is 1. The Hall–Kier alpha value is -3.75. The average Bonchev–Trinajstić information content (AvgIpc) is 3.58. The molecule has 8 heteroatoms. The summed E-state index contributed by atoms with van der Waals surface area (Å²) in [5.41, 5.74) is -0.523. The van der Waals surface area contributed by atoms with Crippen molar-refractivity contribution >= 4 is 23.4 Å². The van der Waals surface area contributed by atoms with E-state index in [4.69, 9.17) is 4.74 Å². The molecule has 5 rings (SSSR count). The standard InChI is InChI=1S/C38H49N3O5/c1-6-9-16-23-39(21-7-2)36(45)33-38-25-27(4)37(5,46-38)31(34(43)40(22-8-3)29-19-14-11-15-20-29)32(38)35(44)41(33)30(26-42)24-28-17-12-10-13-18-28/h7-8,10-15,17-20,27,30-33,42H,2-3,6,9,16,21-26H2,1,4-5H3/t27?,30-,31-,32+,33?,37+,38?/m1/s1. The molecule has 3 fully saturated rings. The van der Waals surface area contributed by atoms with E-state index in [1.807, 2.05) is 67.6 Å². The molecule has 2 bridgehead atoms. The molecular formula is C38H49N3O5. The number of fused-ring (bicyclic) bond motifs is 1. The number of likely N-dealkylation sites (tertiary alicyclic amines) is 1. The first-order valence-electron chi connectivity index (χ1n) is 16.7. The van der Waals surface area contributed by atoms with Gasteiger partial charge in [-0.05, 0) is 49.8 Å². The highest BCUT2D eigenvalue weighted by atomic mass is 16.5. The second-order valence-electron chi connectivity index (χ2n) is 13.3. The molecule has 3 unspecified atom stereocenters. The highest BCUT2D eigenvalue weighted by Gasteiger charge is 2.80. The third-order valence-electron chi connectivity index (χ3n) is 10.5. The van der Waals surface area contributed by atoms with Gasteiger partial charge in [-0.1, -0.05) is 87.4 Å². The summed E-state index contributed by atoms with van der Waals surface area (Å²) in [5, 5.41) is 10.8. The van der Waals surface area contributed by atoms with Gasteiger partial charge in [0, 0.05) is 25.3 Å². The van der Waals surface area contributed by atoms with Gasteiger partial charge in [-0.15, -0.1) is 13.2 Å². The van der Waals surface area contributed by atoms with Crippen molar-refractivity contribution in [3.05, 3.63) is 91.5 Å². The summed E-state index contributed by atoms with van der Waals surface area (Å²) in [6.45, 7) is 14.7. The summed E-state index contributed by atoms with van der Waals surface area (Å²) < 4.78 is 7.02. The number of hydrogen-bond donors (Lipinski definition) is 1. The van der Waals surface area contributed by atoms with Crippen LogP contribution in [-0.2, 0) is 25.5 Å². The zero-order valence-corrected chi connectivity index (χ0v) is 27.5. The van der Waals surface area contributed by atoms with Gasteiger partial charge in [0.05, 0.1) is 30.1 Å². The van der Waals surface area contributed by atoms with Gasteiger partial charge in [0.25, 0.3) is 0 Å². The lowest BCUT2D eigenvalue weighted by atomic mass is 9.62. The molecule has 3 aliphatic heterocycles. The molecule has 3 amide bonds. The minimum atomic E-state index is -1.21. The molecule has 0 saturated carbocycles. The predicted molar refractivity (Wildman–Crippen MR) is 180 cm³/mol. The van der Waals surface area contributed by atoms with E-state index in [0.29, 0.717) is 31.6 Å². The number of carbonyl (C=O) groups is 3. The van der Waals surface area contributed by atoms with Gasteiger partial charge in [-0.3, -0.25) is 14.4 Å². The molecule has 1 spiro atoms. The maximum Gasteiger partial charge on any atom is 0.248 e. The van der Waals surface area contributed by atoms with E-state index in [2.05, 4.69) is 27.0 Å². The summed E-state index contributed by atoms with van der Waals surface area (Å²) >= 11 is 0. The van der Waals surface area contributed by atoms with Crippen LogP contribution in [0.15, 0.2) is 86.0 Å². The summed E-state index contributed by atoms with van der Waals surface area (Å²) in [5.74, 6) is -2.54. The molecule has 3 heterocycles. The average molecular weight is 628 g/mol. The van der Waals surface area contributed by atoms with Crippen LogP contribution >= 0.6 is 0 Å². The highest BCUT2D eigenvalue weighted by Crippen LogP contribution is 2.66. The van der Waals surface area contributed by atoms with Crippen LogP contribution in [0.3, 0.4) is 0 Å². The van der Waals surface area contributed by atoms with E-state index in [1.165, 1.54) is 0 Å². The van der Waals surface area contributed by atoms with Crippen LogP contribution in [0.2, 0.25) is 0 Å². The molecule has 46 heavy (non-hydrogen) atoms. The van der Waals surface area contributed by atoms with Crippen molar-refractivity contribution in [3.8, 4) is 0 Å². The van der Waals surface area contributed by atoms with Crippen molar-refractivity contribution in [2.75, 3.05) is 31.1 Å². The maximum absolute atomic E-state index is 15.0. The first-order chi connectivity index (χ1) is 22.2. The normalized spacial score (nSPS) is 28.5. The van der Waals surface area contributed by atoms with E-state index in [1.54, 1.807) is 26.9 Å². The summed E-state index contributed by atoms with van der Waals surface area (Å²) in [6.07, 6.45) is 7.02. The number of ether oxygens (including phenoxy) is 1. The molecule has 0 aliphatic carbocycles. The fourth-order valence-corrected chi connectivity index (χ4v) is 8.26. The van der Waals surface area contributed by atoms with Crippen molar-refractivity contribution < 1.29 is 24.2 Å². The topological polar surface area (TPSA) is 90.4 Å². The van der Waals surface area contributed by atoms with Gasteiger partial charge in [0.15, 0.2) is 0 Å². The molecule has 8 nitrogen and oxygen atoms in total. The number of nitrogens with zero attached hydrogens (tertiary/aromatic N) is 3. The van der Waals surface area contributed by atoms with E-state index in [9.17, 15) is 19.5 Å². The molecule has 3 aliphatic rings. The Bertz CT molecular complexity index is 1420. The molecule has 246 valence electrons. The van der Waals surface area contributed by atoms with Crippen molar-refractivity contribution in [2.24, 2.45) is 17.8 Å². The van der Waals surface area contributed by atoms with Gasteiger partial charge >= 0.3 is 0 Å². The number of unbranched alkanes of at least 4 members (excludes halogenated alkanes) is 2. The van der Waals surface area contributed by atoms with E-state index < -0.39 is 35.1 Å². The van der Waals surface area contributed by atoms with Crippen LogP contribution in [0.5, 0.6) is 0 Å². The summed E-state index contributed by atoms with van der Waals surface area (Å²) in [6, 6.07) is 17.4. The maximum atomic E-state index is 15.0. The van der Waals surface area contributed by atoms with E-state index in [0.717, 1.165) is 24.8 Å². The van der Waals surface area contributed by atoms with E-state index in [-0.39, 0.29) is 36.8 Å². The molecule has 2 aromatic carbocycles. The van der Waals surface area contributed by atoms with Gasteiger partial charge in [-0.2, -0.15) is 0 Å². The molecular weight excluding hydrogens is 578 g/mol. The first kappa shape index (κ1) is 33.6. The second kappa shape index (κ2) is 13.9. The number of benzene rings is 2. The number of rotatable bonds is 15. The molecule has 7 atom stereocenters. The lowest BCUT2D eigenvalue weighted by Gasteiger charge is -2.39. The first-order valence-corrected chi connectivity index (χ1v) is 16.7. The van der Waals surface area contributed by atoms with Crippen LogP contribution in [0, 0.1) is 17.8 Å². The SMILES string of the molecule is C=CCN(CCCCC)C(=O)C1N([C@@H](CO)Cc2ccccc2)C(=O)[C@@H]2[C@H](C(=O)N(CC=C)c3ccccc3)[C@@]3(C)OC12CC3C. The van der Waals surface area contributed by atoms with Crippen LogP contribution in [0.4, 0.5) is 5.69 Å². The van der Waals surface area contributed by atoms with Crippen molar-refractivity contribution in [3.63, 3.8) is 0 Å². The number of para-hydroxylation sites is 1. The van der Waals surface area contributed by atoms with Crippen LogP contribution in [0.25, 0.3) is 0 Å². The predicted octanol–water partition coefficient (Wildman–Crippen LogP) is 5.02. The fourth-order valence-electron chi connectivity index (χ4n) is 8.26. The molecule has 3 saturated heterocycles. The van der Waals surface area contributed by atoms with Crippen LogP contribution in [0.1, 0.15) is 52.0 Å². The lowest BCUT2D eigenvalue weighted by molar-refractivity contribution is -0.155. The number of aliphatic hydroxyl groups is 1. The summed E-state index contributed by atoms with van der Waals surface area (Å²) in [4.78, 5) is 49.6. The summed E-state index contributed by atoms with van der Waals surface area (Å²) in [7, 11) is 0. The third-order valence-corrected chi connectivity index (χ3v) is 10.5. The number of amides is 3. The van der Waals surface area contributed by atoms with Crippen molar-refractivity contribution in [2.45, 2.75) is 76.2 Å². The number of carbonyl (C=O) groups excluding carboxylic acids is 3. The van der Waals surface area contributed by atoms with Crippen molar-refractivity contribution in [1.29, 1.82) is 0 Å². The van der Waals surface area contributed by atoms with E-state index >= 15 is 0 Å². The molecule has 1 N–H and O–H groups in total.